The van der Waals surface area contributed by atoms with E-state index in [1.807, 2.05) is 0 Å². The van der Waals surface area contributed by atoms with E-state index in [0.717, 1.165) is 0 Å². The van der Waals surface area contributed by atoms with E-state index in [0.29, 0.717) is 11.4 Å². The first-order valence-electron chi connectivity index (χ1n) is 9.40. The minimum absolute atomic E-state index is 0.0296. The molecule has 0 spiro atoms. The molecule has 7 N–H and O–H groups in total. The summed E-state index contributed by atoms with van der Waals surface area (Å²) in [6, 6.07) is 4.14. The summed E-state index contributed by atoms with van der Waals surface area (Å²) < 4.78 is 13.3. The Hall–Kier alpha value is -4.62. The van der Waals surface area contributed by atoms with Crippen molar-refractivity contribution in [3.05, 3.63) is 52.1 Å². The van der Waals surface area contributed by atoms with Gasteiger partial charge in [0.1, 0.15) is 6.04 Å². The zero-order valence-corrected chi connectivity index (χ0v) is 16.8. The van der Waals surface area contributed by atoms with Crippen molar-refractivity contribution in [3.8, 4) is 0 Å². The molecule has 3 aromatic rings. The van der Waals surface area contributed by atoms with Crippen molar-refractivity contribution >= 4 is 40.6 Å². The number of nitrogens with zero attached hydrogens (tertiary/aromatic N) is 3. The van der Waals surface area contributed by atoms with Gasteiger partial charge < -0.3 is 26.6 Å². The van der Waals surface area contributed by atoms with Crippen molar-refractivity contribution < 1.29 is 29.0 Å². The highest BCUT2D eigenvalue weighted by atomic mass is 19.1. The molecule has 14 heteroatoms. The summed E-state index contributed by atoms with van der Waals surface area (Å²) in [5.74, 6) is -4.25. The van der Waals surface area contributed by atoms with Crippen LogP contribution in [0.1, 0.15) is 22.5 Å². The van der Waals surface area contributed by atoms with Crippen LogP contribution in [-0.4, -0.2) is 60.2 Å². The summed E-state index contributed by atoms with van der Waals surface area (Å²) in [6.45, 7) is 0.187. The molecule has 13 nitrogen and oxygen atoms in total. The molecule has 2 atom stereocenters. The summed E-state index contributed by atoms with van der Waals surface area (Å²) in [7, 11) is 0. The highest BCUT2D eigenvalue weighted by Crippen LogP contribution is 2.12. The second-order valence-electron chi connectivity index (χ2n) is 6.82. The van der Waals surface area contributed by atoms with E-state index < -0.39 is 42.0 Å². The summed E-state index contributed by atoms with van der Waals surface area (Å²) in [6.07, 6.45) is -1.92. The van der Waals surface area contributed by atoms with E-state index in [4.69, 9.17) is 15.9 Å². The Morgan fingerprint density at radius 1 is 1.12 bits per heavy atom. The Bertz CT molecular complexity index is 1260. The zero-order valence-electron chi connectivity index (χ0n) is 16.8. The quantitative estimate of drug-likeness (QED) is 0.248. The third-order valence-electron chi connectivity index (χ3n) is 4.42. The molecule has 0 saturated heterocycles. The molecule has 0 bridgehead atoms. The molecule has 33 heavy (non-hydrogen) atoms. The molecule has 1 amide bonds. The number of amides is 1. The number of nitrogen functional groups attached to an aromatic ring is 1. The summed E-state index contributed by atoms with van der Waals surface area (Å²) >= 11 is 0. The van der Waals surface area contributed by atoms with Gasteiger partial charge in [0.2, 0.25) is 5.95 Å². The van der Waals surface area contributed by atoms with E-state index in [1.165, 1.54) is 30.5 Å². The Balaban J connectivity index is 1.63. The predicted molar refractivity (Wildman–Crippen MR) is 112 cm³/mol. The number of aromatic nitrogens is 4. The number of hydrogen-bond donors (Lipinski definition) is 6. The number of halogens is 1. The van der Waals surface area contributed by atoms with Crippen LogP contribution in [0.2, 0.25) is 0 Å². The average Bonchev–Trinajstić information content (AvgIpc) is 2.77. The average molecular weight is 459 g/mol. The molecule has 172 valence electrons. The molecule has 0 radical (unpaired) electrons. The third kappa shape index (κ3) is 5.75. The Labute approximate surface area is 183 Å². The van der Waals surface area contributed by atoms with Gasteiger partial charge in [0.05, 0.1) is 18.4 Å². The molecular formula is C19H18FN7O6. The monoisotopic (exact) mass is 459 g/mol. The van der Waals surface area contributed by atoms with E-state index in [-0.39, 0.29) is 29.2 Å². The maximum Gasteiger partial charge on any atom is 0.338 e. The lowest BCUT2D eigenvalue weighted by Gasteiger charge is -2.15. The highest BCUT2D eigenvalue weighted by molar-refractivity contribution is 5.97. The first kappa shape index (κ1) is 23.1. The van der Waals surface area contributed by atoms with Gasteiger partial charge in [-0.3, -0.25) is 14.6 Å². The van der Waals surface area contributed by atoms with Crippen LogP contribution in [0, 0.1) is 0 Å². The van der Waals surface area contributed by atoms with Gasteiger partial charge in [0.15, 0.2) is 17.3 Å². The Morgan fingerprint density at radius 2 is 1.82 bits per heavy atom. The number of aliphatic carboxylic acids is 2. The van der Waals surface area contributed by atoms with Crippen LogP contribution >= 0.6 is 0 Å². The fraction of sp³-hybridized carbons (Fsp3) is 0.211. The SMILES string of the molecule is Nc1nc2ncc(CNc3ccc(C(=O)N[C@H](CC(F)C(=O)O)C(=O)O)cc3)nc2c(=O)[nH]1. The van der Waals surface area contributed by atoms with Crippen molar-refractivity contribution in [2.24, 2.45) is 0 Å². The zero-order chi connectivity index (χ0) is 24.1. The fourth-order valence-electron chi connectivity index (χ4n) is 2.76. The standard InChI is InChI=1S/C19H18FN7O6/c20-11(17(30)31)5-12(18(32)33)25-15(28)8-1-3-9(4-2-8)22-6-10-7-23-14-13(24-10)16(29)27-19(21)26-14/h1-4,7,11-12,22H,5-6H2,(H,25,28)(H,30,31)(H,32,33)(H3,21,23,26,27,29)/t11?,12-/m1/s1. The summed E-state index contributed by atoms with van der Waals surface area (Å²) in [4.78, 5) is 60.4. The number of H-pyrrole nitrogens is 1. The number of hydrogen-bond acceptors (Lipinski definition) is 9. The van der Waals surface area contributed by atoms with Gasteiger partial charge in [-0.1, -0.05) is 0 Å². The fourth-order valence-corrected chi connectivity index (χ4v) is 2.76. The molecule has 0 aliphatic rings. The van der Waals surface area contributed by atoms with E-state index in [2.05, 4.69) is 30.6 Å². The number of carbonyl (C=O) groups excluding carboxylic acids is 1. The number of carbonyl (C=O) groups is 3. The lowest BCUT2D eigenvalue weighted by molar-refractivity contribution is -0.145. The molecular weight excluding hydrogens is 441 g/mol. The van der Waals surface area contributed by atoms with Gasteiger partial charge in [-0.05, 0) is 24.3 Å². The summed E-state index contributed by atoms with van der Waals surface area (Å²) in [5, 5.41) is 22.8. The number of aromatic amines is 1. The third-order valence-corrected chi connectivity index (χ3v) is 4.42. The largest absolute Gasteiger partial charge is 0.480 e. The van der Waals surface area contributed by atoms with E-state index in [9.17, 15) is 23.6 Å². The van der Waals surface area contributed by atoms with Gasteiger partial charge in [-0.25, -0.2) is 23.9 Å². The number of nitrogens with two attached hydrogens (primary N) is 1. The van der Waals surface area contributed by atoms with Crippen molar-refractivity contribution in [2.45, 2.75) is 25.2 Å². The van der Waals surface area contributed by atoms with Gasteiger partial charge in [-0.2, -0.15) is 4.98 Å². The molecule has 2 aromatic heterocycles. The van der Waals surface area contributed by atoms with Gasteiger partial charge >= 0.3 is 11.9 Å². The second-order valence-corrected chi connectivity index (χ2v) is 6.82. The van der Waals surface area contributed by atoms with E-state index >= 15 is 0 Å². The number of fused-ring (bicyclic) bond motifs is 1. The molecule has 0 aliphatic carbocycles. The van der Waals surface area contributed by atoms with Crippen molar-refractivity contribution in [1.82, 2.24) is 25.3 Å². The first-order chi connectivity index (χ1) is 15.6. The van der Waals surface area contributed by atoms with Gasteiger partial charge in [-0.15, -0.1) is 0 Å². The second kappa shape index (κ2) is 9.67. The van der Waals surface area contributed by atoms with Crippen LogP contribution in [0.25, 0.3) is 11.2 Å². The molecule has 0 saturated carbocycles. The minimum Gasteiger partial charge on any atom is -0.480 e. The normalized spacial score (nSPS) is 12.6. The predicted octanol–water partition coefficient (Wildman–Crippen LogP) is -0.0968. The van der Waals surface area contributed by atoms with Crippen LogP contribution in [0.15, 0.2) is 35.3 Å². The van der Waals surface area contributed by atoms with Crippen molar-refractivity contribution in [3.63, 3.8) is 0 Å². The van der Waals surface area contributed by atoms with Crippen LogP contribution in [0.3, 0.4) is 0 Å². The number of carboxylic acids is 2. The molecule has 0 fully saturated rings. The number of nitrogens with one attached hydrogen (secondary N) is 3. The number of alkyl halides is 1. The number of rotatable bonds is 9. The molecule has 0 aliphatic heterocycles. The topological polar surface area (TPSA) is 213 Å². The van der Waals surface area contributed by atoms with Gasteiger partial charge in [0, 0.05) is 17.7 Å². The van der Waals surface area contributed by atoms with Crippen LogP contribution in [-0.2, 0) is 16.1 Å². The lowest BCUT2D eigenvalue weighted by atomic mass is 10.1. The number of anilines is 2. The van der Waals surface area contributed by atoms with Gasteiger partial charge in [0.25, 0.3) is 11.5 Å². The molecule has 3 rings (SSSR count). The molecule has 1 aromatic carbocycles. The van der Waals surface area contributed by atoms with Crippen LogP contribution in [0.5, 0.6) is 0 Å². The smallest absolute Gasteiger partial charge is 0.338 e. The Morgan fingerprint density at radius 3 is 2.45 bits per heavy atom. The minimum atomic E-state index is -2.43. The van der Waals surface area contributed by atoms with Crippen LogP contribution in [0.4, 0.5) is 16.0 Å². The number of benzene rings is 1. The van der Waals surface area contributed by atoms with Crippen molar-refractivity contribution in [2.75, 3.05) is 11.1 Å². The highest BCUT2D eigenvalue weighted by Gasteiger charge is 2.28. The summed E-state index contributed by atoms with van der Waals surface area (Å²) in [5.41, 5.74) is 6.16. The number of carboxylic acid groups (broad SMARTS) is 2. The van der Waals surface area contributed by atoms with Crippen molar-refractivity contribution in [1.29, 1.82) is 0 Å². The molecule has 1 unspecified atom stereocenters. The van der Waals surface area contributed by atoms with E-state index in [1.54, 1.807) is 0 Å². The van der Waals surface area contributed by atoms with Crippen LogP contribution < -0.4 is 21.9 Å². The lowest BCUT2D eigenvalue weighted by Crippen LogP contribution is -2.43. The molecule has 2 heterocycles. The maximum atomic E-state index is 13.3. The Kier molecular flexibility index (Phi) is 6.76. The first-order valence-corrected chi connectivity index (χ1v) is 9.40. The maximum absolute atomic E-state index is 13.3.